The highest BCUT2D eigenvalue weighted by Gasteiger charge is 2.50. The summed E-state index contributed by atoms with van der Waals surface area (Å²) in [5.41, 5.74) is -1.63. The fourth-order valence-electron chi connectivity index (χ4n) is 4.30. The van der Waals surface area contributed by atoms with Crippen molar-refractivity contribution in [3.8, 4) is 11.8 Å². The van der Waals surface area contributed by atoms with Crippen LogP contribution in [0.1, 0.15) is 50.3 Å². The summed E-state index contributed by atoms with van der Waals surface area (Å²) >= 11 is 4.64. The topological polar surface area (TPSA) is 71.8 Å². The number of nitriles is 1. The monoisotopic (exact) mass is 522 g/mol. The molecule has 0 bridgehead atoms. The van der Waals surface area contributed by atoms with Crippen LogP contribution in [-0.4, -0.2) is 47.0 Å². The Bertz CT molecular complexity index is 1060. The quantitative estimate of drug-likeness (QED) is 0.302. The van der Waals surface area contributed by atoms with Crippen molar-refractivity contribution in [3.63, 3.8) is 0 Å². The molecule has 1 aliphatic heterocycles. The average molecular weight is 523 g/mol. The summed E-state index contributed by atoms with van der Waals surface area (Å²) < 4.78 is 46.3. The van der Waals surface area contributed by atoms with Gasteiger partial charge in [-0.1, -0.05) is 19.1 Å². The van der Waals surface area contributed by atoms with Gasteiger partial charge in [0, 0.05) is 18.8 Å². The molecule has 0 aromatic heterocycles. The van der Waals surface area contributed by atoms with Crippen LogP contribution in [0.15, 0.2) is 42.5 Å². The van der Waals surface area contributed by atoms with E-state index in [0.717, 1.165) is 37.4 Å². The van der Waals surface area contributed by atoms with E-state index in [1.165, 1.54) is 16.5 Å². The number of aliphatic hydroxyl groups is 1. The number of rotatable bonds is 10. The number of nitrogens with zero attached hydrogens (tertiary/aromatic N) is 3. The second-order valence-corrected chi connectivity index (χ2v) is 9.80. The second kappa shape index (κ2) is 11.7. The number of nitrogens with one attached hydrogen (secondary N) is 1. The van der Waals surface area contributed by atoms with Gasteiger partial charge >= 0.3 is 6.18 Å². The van der Waals surface area contributed by atoms with Crippen molar-refractivity contribution in [1.29, 1.82) is 5.26 Å². The van der Waals surface area contributed by atoms with Crippen molar-refractivity contribution in [2.45, 2.75) is 63.6 Å². The van der Waals surface area contributed by atoms with Gasteiger partial charge < -0.3 is 20.1 Å². The molecule has 1 aliphatic rings. The lowest BCUT2D eigenvalue weighted by Crippen LogP contribution is -2.47. The van der Waals surface area contributed by atoms with Crippen LogP contribution in [0, 0.1) is 11.3 Å². The number of ether oxygens (including phenoxy) is 1. The van der Waals surface area contributed by atoms with E-state index in [0.29, 0.717) is 19.6 Å². The predicted molar refractivity (Wildman–Crippen MR) is 137 cm³/mol. The van der Waals surface area contributed by atoms with Crippen molar-refractivity contribution >= 4 is 18.3 Å². The first-order chi connectivity index (χ1) is 17.0. The largest absolute Gasteiger partial charge is 0.494 e. The molecular formula is C26H33F3N4O2S. The number of hydrogen-bond acceptors (Lipinski definition) is 7. The molecule has 2 N–H and O–H groups in total. The van der Waals surface area contributed by atoms with E-state index >= 15 is 0 Å². The lowest BCUT2D eigenvalue weighted by molar-refractivity contribution is -0.137. The minimum absolute atomic E-state index is 0.147. The number of thiol groups is 1. The summed E-state index contributed by atoms with van der Waals surface area (Å²) in [6, 6.07) is 12.9. The molecule has 0 aliphatic carbocycles. The molecule has 2 aromatic carbocycles. The van der Waals surface area contributed by atoms with E-state index in [2.05, 4.69) is 24.9 Å². The molecule has 0 spiro atoms. The van der Waals surface area contributed by atoms with Crippen LogP contribution in [0.5, 0.6) is 5.75 Å². The molecule has 2 atom stereocenters. The number of alkyl halides is 3. The van der Waals surface area contributed by atoms with Crippen LogP contribution in [0.3, 0.4) is 0 Å². The Hall–Kier alpha value is -2.45. The first-order valence-electron chi connectivity index (χ1n) is 12.0. The Kier molecular flexibility index (Phi) is 9.17. The molecule has 1 fully saturated rings. The van der Waals surface area contributed by atoms with Crippen LogP contribution in [0.25, 0.3) is 0 Å². The van der Waals surface area contributed by atoms with Crippen molar-refractivity contribution in [1.82, 2.24) is 10.2 Å². The Morgan fingerprint density at radius 3 is 2.50 bits per heavy atom. The lowest BCUT2D eigenvalue weighted by atomic mass is 10.0. The van der Waals surface area contributed by atoms with Crippen LogP contribution in [0.2, 0.25) is 0 Å². The molecule has 0 saturated carbocycles. The molecule has 0 radical (unpaired) electrons. The normalized spacial score (nSPS) is 19.9. The third-order valence-corrected chi connectivity index (χ3v) is 6.91. The summed E-state index contributed by atoms with van der Waals surface area (Å²) in [6.45, 7) is 8.49. The standard InChI is InChI=1S/C26H33F3N4O2S/c1-4-12-31-17-18-6-10-21(11-7-18)35-14-5-13-32-24(36)33(23(34)25(32,2)3)20-9-8-19(16-30)22(15-20)26(27,28)29/h6-11,15,23-24,31,34,36H,4-5,12-14,17H2,1-3H3. The Morgan fingerprint density at radius 1 is 1.19 bits per heavy atom. The van der Waals surface area contributed by atoms with E-state index in [4.69, 9.17) is 10.00 Å². The molecule has 1 heterocycles. The molecule has 2 unspecified atom stereocenters. The zero-order valence-corrected chi connectivity index (χ0v) is 21.6. The number of hydrogen-bond donors (Lipinski definition) is 3. The Morgan fingerprint density at radius 2 is 1.89 bits per heavy atom. The molecule has 6 nitrogen and oxygen atoms in total. The first kappa shape index (κ1) is 28.1. The van der Waals surface area contributed by atoms with Gasteiger partial charge in [-0.25, -0.2) is 0 Å². The zero-order chi connectivity index (χ0) is 26.5. The van der Waals surface area contributed by atoms with E-state index in [-0.39, 0.29) is 5.69 Å². The van der Waals surface area contributed by atoms with E-state index in [1.807, 2.05) is 43.0 Å². The van der Waals surface area contributed by atoms with Crippen LogP contribution >= 0.6 is 12.6 Å². The molecule has 196 valence electrons. The first-order valence-corrected chi connectivity index (χ1v) is 12.5. The fraction of sp³-hybridized carbons (Fsp3) is 0.500. The average Bonchev–Trinajstić information content (AvgIpc) is 3.00. The molecule has 3 rings (SSSR count). The van der Waals surface area contributed by atoms with Crippen LogP contribution < -0.4 is 15.0 Å². The summed E-state index contributed by atoms with van der Waals surface area (Å²) in [5.74, 6) is 0.760. The minimum atomic E-state index is -4.69. The van der Waals surface area contributed by atoms with Gasteiger partial charge in [0.2, 0.25) is 0 Å². The van der Waals surface area contributed by atoms with Crippen molar-refractivity contribution < 1.29 is 23.0 Å². The fourth-order valence-corrected chi connectivity index (χ4v) is 4.98. The SMILES string of the molecule is CCCNCc1ccc(OCCCN2C(S)N(c3ccc(C#N)c(C(F)(F)F)c3)C(O)C2(C)C)cc1. The highest BCUT2D eigenvalue weighted by atomic mass is 32.1. The number of anilines is 1. The maximum Gasteiger partial charge on any atom is 0.417 e. The van der Waals surface area contributed by atoms with Gasteiger partial charge in [-0.3, -0.25) is 4.90 Å². The molecule has 1 saturated heterocycles. The van der Waals surface area contributed by atoms with Crippen molar-refractivity contribution in [2.24, 2.45) is 0 Å². The van der Waals surface area contributed by atoms with Crippen LogP contribution in [0.4, 0.5) is 18.9 Å². The highest BCUT2D eigenvalue weighted by Crippen LogP contribution is 2.42. The van der Waals surface area contributed by atoms with Crippen molar-refractivity contribution in [2.75, 3.05) is 24.6 Å². The van der Waals surface area contributed by atoms with Crippen molar-refractivity contribution in [3.05, 3.63) is 59.2 Å². The number of aliphatic hydroxyl groups excluding tert-OH is 1. The predicted octanol–water partition coefficient (Wildman–Crippen LogP) is 4.98. The third-order valence-electron chi connectivity index (χ3n) is 6.38. The van der Waals surface area contributed by atoms with E-state index in [9.17, 15) is 18.3 Å². The molecule has 2 aromatic rings. The summed E-state index contributed by atoms with van der Waals surface area (Å²) in [7, 11) is 0. The van der Waals surface area contributed by atoms with E-state index in [1.54, 1.807) is 6.07 Å². The summed E-state index contributed by atoms with van der Waals surface area (Å²) in [5, 5.41) is 23.5. The zero-order valence-electron chi connectivity index (χ0n) is 20.7. The van der Waals surface area contributed by atoms with Gasteiger partial charge in [-0.2, -0.15) is 18.4 Å². The molecule has 0 amide bonds. The van der Waals surface area contributed by atoms with Crippen LogP contribution in [-0.2, 0) is 12.7 Å². The van der Waals surface area contributed by atoms with E-state index < -0.39 is 34.6 Å². The molecule has 10 heteroatoms. The maximum atomic E-state index is 13.5. The maximum absolute atomic E-state index is 13.5. The smallest absolute Gasteiger partial charge is 0.417 e. The van der Waals surface area contributed by atoms with Gasteiger partial charge in [0.15, 0.2) is 0 Å². The summed E-state index contributed by atoms with van der Waals surface area (Å²) in [6.07, 6.45) is -4.08. The van der Waals surface area contributed by atoms with Gasteiger partial charge in [0.25, 0.3) is 0 Å². The Labute approximate surface area is 216 Å². The minimum Gasteiger partial charge on any atom is -0.494 e. The lowest BCUT2D eigenvalue weighted by Gasteiger charge is -2.33. The Balaban J connectivity index is 1.63. The number of benzene rings is 2. The molecule has 36 heavy (non-hydrogen) atoms. The second-order valence-electron chi connectivity index (χ2n) is 9.34. The highest BCUT2D eigenvalue weighted by molar-refractivity contribution is 7.81. The molecular weight excluding hydrogens is 489 g/mol. The number of halogens is 3. The summed E-state index contributed by atoms with van der Waals surface area (Å²) in [4.78, 5) is 3.36. The van der Waals surface area contributed by atoms with Gasteiger partial charge in [0.1, 0.15) is 17.5 Å². The van der Waals surface area contributed by atoms with Gasteiger partial charge in [-0.05, 0) is 69.1 Å². The third kappa shape index (κ3) is 6.27. The van der Waals surface area contributed by atoms with Gasteiger partial charge in [-0.15, -0.1) is 12.6 Å². The van der Waals surface area contributed by atoms with Gasteiger partial charge in [0.05, 0.1) is 29.3 Å².